The third-order valence-electron chi connectivity index (χ3n) is 1.33. The van der Waals surface area contributed by atoms with Crippen molar-refractivity contribution in [2.45, 2.75) is 25.1 Å². The van der Waals surface area contributed by atoms with E-state index in [0.29, 0.717) is 6.61 Å². The molecule has 64 valence electrons. The lowest BCUT2D eigenvalue weighted by Crippen LogP contribution is -2.53. The normalized spacial score (nSPS) is 22.2. The maximum atomic E-state index is 5.43. The van der Waals surface area contributed by atoms with Crippen LogP contribution in [0.25, 0.3) is 0 Å². The summed E-state index contributed by atoms with van der Waals surface area (Å²) in [5.41, 5.74) is 10.9. The second kappa shape index (κ2) is 5.16. The topological polar surface area (TPSA) is 61.3 Å². The third-order valence-corrected chi connectivity index (χ3v) is 1.33. The van der Waals surface area contributed by atoms with Crippen LogP contribution in [-0.4, -0.2) is 12.5 Å². The average Bonchev–Trinajstić information content (AvgIpc) is 1.65. The van der Waals surface area contributed by atoms with Crippen LogP contribution in [0.3, 0.4) is 0 Å². The zero-order valence-electron chi connectivity index (χ0n) is 5.71. The minimum atomic E-state index is -0.821. The van der Waals surface area contributed by atoms with Gasteiger partial charge in [0.2, 0.25) is 0 Å². The molecule has 1 saturated heterocycles. The molecule has 1 fully saturated rings. The smallest absolute Gasteiger partial charge is 0.169 e. The van der Waals surface area contributed by atoms with E-state index < -0.39 is 5.85 Å². The van der Waals surface area contributed by atoms with Crippen LogP contribution in [0, 0.1) is 0 Å². The van der Waals surface area contributed by atoms with Crippen LogP contribution in [0.4, 0.5) is 0 Å². The Labute approximate surface area is 73.3 Å². The van der Waals surface area contributed by atoms with E-state index in [-0.39, 0.29) is 24.8 Å². The molecule has 0 aromatic rings. The molecule has 0 spiro atoms. The fraction of sp³-hybridized carbons (Fsp3) is 1.00. The van der Waals surface area contributed by atoms with Crippen molar-refractivity contribution in [1.29, 1.82) is 0 Å². The van der Waals surface area contributed by atoms with Gasteiger partial charge in [0.1, 0.15) is 0 Å². The third kappa shape index (κ3) is 4.30. The molecule has 0 aliphatic carbocycles. The number of nitrogens with two attached hydrogens (primary N) is 2. The van der Waals surface area contributed by atoms with Crippen molar-refractivity contribution in [2.24, 2.45) is 11.5 Å². The SMILES string of the molecule is Cl.Cl.NC1(N)CCCCO1. The molecular weight excluding hydrogens is 175 g/mol. The van der Waals surface area contributed by atoms with Crippen molar-refractivity contribution in [2.75, 3.05) is 6.61 Å². The number of hydrogen-bond donors (Lipinski definition) is 2. The standard InChI is InChI=1S/C5H12N2O.2ClH/c6-5(7)3-1-2-4-8-5;;/h1-4,6-7H2;2*1H. The summed E-state index contributed by atoms with van der Waals surface area (Å²) in [7, 11) is 0. The van der Waals surface area contributed by atoms with E-state index in [4.69, 9.17) is 16.2 Å². The van der Waals surface area contributed by atoms with Gasteiger partial charge >= 0.3 is 0 Å². The fourth-order valence-electron chi connectivity index (χ4n) is 0.838. The molecule has 0 saturated carbocycles. The Bertz CT molecular complexity index is 81.7. The van der Waals surface area contributed by atoms with Crippen molar-refractivity contribution < 1.29 is 4.74 Å². The molecule has 0 aromatic carbocycles. The molecule has 0 bridgehead atoms. The minimum Gasteiger partial charge on any atom is -0.348 e. The largest absolute Gasteiger partial charge is 0.348 e. The Morgan fingerprint density at radius 3 is 1.90 bits per heavy atom. The first-order valence-electron chi connectivity index (χ1n) is 2.92. The van der Waals surface area contributed by atoms with Crippen molar-refractivity contribution in [3.63, 3.8) is 0 Å². The Balaban J connectivity index is 0. The number of ether oxygens (including phenoxy) is 1. The lowest BCUT2D eigenvalue weighted by molar-refractivity contribution is -0.0694. The highest BCUT2D eigenvalue weighted by Gasteiger charge is 2.22. The molecule has 3 nitrogen and oxygen atoms in total. The molecular formula is C5H14Cl2N2O. The summed E-state index contributed by atoms with van der Waals surface area (Å²) in [6.45, 7) is 0.715. The summed E-state index contributed by atoms with van der Waals surface area (Å²) >= 11 is 0. The predicted octanol–water partition coefficient (Wildman–Crippen LogP) is 0.602. The van der Waals surface area contributed by atoms with Crippen molar-refractivity contribution in [3.05, 3.63) is 0 Å². The zero-order valence-corrected chi connectivity index (χ0v) is 7.34. The quantitative estimate of drug-likeness (QED) is 0.548. The molecule has 10 heavy (non-hydrogen) atoms. The molecule has 1 aliphatic rings. The lowest BCUT2D eigenvalue weighted by atomic mass is 10.1. The van der Waals surface area contributed by atoms with Crippen LogP contribution in [-0.2, 0) is 4.74 Å². The maximum Gasteiger partial charge on any atom is 0.169 e. The number of halogens is 2. The van der Waals surface area contributed by atoms with E-state index in [1.54, 1.807) is 0 Å². The highest BCUT2D eigenvalue weighted by atomic mass is 35.5. The van der Waals surface area contributed by atoms with Crippen molar-refractivity contribution >= 4 is 24.8 Å². The summed E-state index contributed by atoms with van der Waals surface area (Å²) < 4.78 is 5.02. The summed E-state index contributed by atoms with van der Waals surface area (Å²) in [6.07, 6.45) is 2.97. The van der Waals surface area contributed by atoms with E-state index in [9.17, 15) is 0 Å². The molecule has 0 aromatic heterocycles. The molecule has 0 radical (unpaired) electrons. The summed E-state index contributed by atoms with van der Waals surface area (Å²) in [6, 6.07) is 0. The Kier molecular flexibility index (Phi) is 6.74. The van der Waals surface area contributed by atoms with E-state index >= 15 is 0 Å². The lowest BCUT2D eigenvalue weighted by Gasteiger charge is -2.28. The van der Waals surface area contributed by atoms with Gasteiger partial charge in [0, 0.05) is 6.42 Å². The predicted molar refractivity (Wildman–Crippen MR) is 45.4 cm³/mol. The Morgan fingerprint density at radius 1 is 1.10 bits per heavy atom. The van der Waals surface area contributed by atoms with Crippen LogP contribution >= 0.6 is 24.8 Å². The van der Waals surface area contributed by atoms with E-state index in [2.05, 4.69) is 0 Å². The van der Waals surface area contributed by atoms with Crippen LogP contribution in [0.2, 0.25) is 0 Å². The zero-order chi connectivity index (χ0) is 6.04. The van der Waals surface area contributed by atoms with Gasteiger partial charge in [-0.3, -0.25) is 11.5 Å². The molecule has 1 rings (SSSR count). The van der Waals surface area contributed by atoms with Gasteiger partial charge in [-0.05, 0) is 12.8 Å². The molecule has 5 heteroatoms. The minimum absolute atomic E-state index is 0. The molecule has 0 unspecified atom stereocenters. The van der Waals surface area contributed by atoms with E-state index in [1.807, 2.05) is 0 Å². The maximum absolute atomic E-state index is 5.43. The van der Waals surface area contributed by atoms with Crippen LogP contribution in [0.1, 0.15) is 19.3 Å². The highest BCUT2D eigenvalue weighted by Crippen LogP contribution is 2.13. The number of rotatable bonds is 0. The number of hydrogen-bond acceptors (Lipinski definition) is 3. The van der Waals surface area contributed by atoms with Gasteiger partial charge in [-0.1, -0.05) is 0 Å². The van der Waals surface area contributed by atoms with Crippen molar-refractivity contribution in [1.82, 2.24) is 0 Å². The van der Waals surface area contributed by atoms with Gasteiger partial charge in [-0.15, -0.1) is 24.8 Å². The summed E-state index contributed by atoms with van der Waals surface area (Å²) in [4.78, 5) is 0. The first kappa shape index (κ1) is 13.1. The summed E-state index contributed by atoms with van der Waals surface area (Å²) in [5, 5.41) is 0. The van der Waals surface area contributed by atoms with Crippen LogP contribution in [0.15, 0.2) is 0 Å². The molecule has 1 heterocycles. The van der Waals surface area contributed by atoms with Crippen LogP contribution < -0.4 is 11.5 Å². The van der Waals surface area contributed by atoms with Gasteiger partial charge < -0.3 is 4.74 Å². The summed E-state index contributed by atoms with van der Waals surface area (Å²) in [5.74, 6) is -0.821. The van der Waals surface area contributed by atoms with Gasteiger partial charge in [-0.2, -0.15) is 0 Å². The molecule has 1 aliphatic heterocycles. The Hall–Kier alpha value is 0.460. The van der Waals surface area contributed by atoms with Gasteiger partial charge in [0.15, 0.2) is 5.85 Å². The van der Waals surface area contributed by atoms with Gasteiger partial charge in [0.05, 0.1) is 6.61 Å². The first-order valence-corrected chi connectivity index (χ1v) is 2.92. The second-order valence-electron chi connectivity index (χ2n) is 2.26. The van der Waals surface area contributed by atoms with E-state index in [0.717, 1.165) is 19.3 Å². The highest BCUT2D eigenvalue weighted by molar-refractivity contribution is 5.85. The second-order valence-corrected chi connectivity index (χ2v) is 2.26. The Morgan fingerprint density at radius 2 is 1.70 bits per heavy atom. The van der Waals surface area contributed by atoms with Gasteiger partial charge in [0.25, 0.3) is 0 Å². The van der Waals surface area contributed by atoms with Crippen molar-refractivity contribution in [3.8, 4) is 0 Å². The average molecular weight is 189 g/mol. The molecule has 0 amide bonds. The first-order chi connectivity index (χ1) is 3.71. The van der Waals surface area contributed by atoms with Crippen LogP contribution in [0.5, 0.6) is 0 Å². The molecule has 0 atom stereocenters. The monoisotopic (exact) mass is 188 g/mol. The van der Waals surface area contributed by atoms with E-state index in [1.165, 1.54) is 0 Å². The molecule has 4 N–H and O–H groups in total. The fourth-order valence-corrected chi connectivity index (χ4v) is 0.838. The van der Waals surface area contributed by atoms with Gasteiger partial charge in [-0.25, -0.2) is 0 Å².